The molecule has 1 fully saturated rings. The summed E-state index contributed by atoms with van der Waals surface area (Å²) in [4.78, 5) is 82.2. The van der Waals surface area contributed by atoms with Gasteiger partial charge < -0.3 is 15.1 Å². The van der Waals surface area contributed by atoms with Crippen molar-refractivity contribution >= 4 is 34.9 Å². The van der Waals surface area contributed by atoms with Gasteiger partial charge in [-0.15, -0.1) is 0 Å². The Morgan fingerprint density at radius 2 is 1.40 bits per heavy atom. The summed E-state index contributed by atoms with van der Waals surface area (Å²) in [5.74, 6) is -4.83. The third kappa shape index (κ3) is 9.96. The molecule has 0 aliphatic carbocycles. The van der Waals surface area contributed by atoms with E-state index in [0.717, 1.165) is 13.1 Å². The molecule has 232 valence electrons. The van der Waals surface area contributed by atoms with Gasteiger partial charge in [0.25, 0.3) is 0 Å². The Morgan fingerprint density at radius 3 is 1.93 bits per heavy atom. The van der Waals surface area contributed by atoms with Crippen LogP contribution in [0.2, 0.25) is 0 Å². The van der Waals surface area contributed by atoms with Gasteiger partial charge in [0, 0.05) is 62.8 Å². The number of carbonyl (C=O) groups excluding carboxylic acids is 6. The van der Waals surface area contributed by atoms with Crippen LogP contribution < -0.4 is 5.32 Å². The molecule has 0 saturated carbocycles. The van der Waals surface area contributed by atoms with Gasteiger partial charge in [-0.2, -0.15) is 0 Å². The van der Waals surface area contributed by atoms with E-state index < -0.39 is 46.7 Å². The third-order valence-corrected chi connectivity index (χ3v) is 8.25. The molecule has 9 heteroatoms. The van der Waals surface area contributed by atoms with Gasteiger partial charge in [-0.3, -0.25) is 28.8 Å². The fourth-order valence-corrected chi connectivity index (χ4v) is 5.15. The first-order valence-corrected chi connectivity index (χ1v) is 15.0. The average molecular weight is 584 g/mol. The third-order valence-electron chi connectivity index (χ3n) is 8.25. The van der Waals surface area contributed by atoms with Crippen molar-refractivity contribution in [1.82, 2.24) is 15.1 Å². The summed E-state index contributed by atoms with van der Waals surface area (Å²) in [6.07, 6.45) is -0.406. The number of piperazine rings is 1. The zero-order valence-electron chi connectivity index (χ0n) is 26.6. The van der Waals surface area contributed by atoms with E-state index in [9.17, 15) is 28.8 Å². The van der Waals surface area contributed by atoms with E-state index in [4.69, 9.17) is 0 Å². The molecule has 2 amide bonds. The Hall–Kier alpha value is -3.20. The Balaban J connectivity index is 2.01. The summed E-state index contributed by atoms with van der Waals surface area (Å²) < 4.78 is 0. The Labute approximate surface area is 250 Å². The standard InChI is InChI=1S/C33H49N3O6/c1-21(2)25(30(40)29(39)18-22(3)32(42)36-16-14-35(8)15-17-36)19-27(37)23(4)34-31(41)26(33(5,6)7)20-28(38)24-12-10-9-11-13-24/h9-13,21-23,25-26H,14-20H2,1-8H3,(H,34,41)/t22-,23-,25-,26+/m0/s1. The van der Waals surface area contributed by atoms with E-state index in [0.29, 0.717) is 18.7 Å². The zero-order valence-corrected chi connectivity index (χ0v) is 26.6. The quantitative estimate of drug-likeness (QED) is 0.262. The highest BCUT2D eigenvalue weighted by atomic mass is 16.2. The number of carbonyl (C=O) groups is 6. The molecule has 4 atom stereocenters. The van der Waals surface area contributed by atoms with Gasteiger partial charge in [0.15, 0.2) is 17.3 Å². The molecule has 1 N–H and O–H groups in total. The first-order valence-electron chi connectivity index (χ1n) is 15.0. The van der Waals surface area contributed by atoms with Crippen LogP contribution in [0.15, 0.2) is 30.3 Å². The molecule has 0 unspecified atom stereocenters. The largest absolute Gasteiger partial charge is 0.346 e. The molecule has 0 bridgehead atoms. The Bertz CT molecular complexity index is 1130. The van der Waals surface area contributed by atoms with Gasteiger partial charge in [-0.1, -0.05) is 71.9 Å². The van der Waals surface area contributed by atoms with Crippen molar-refractivity contribution in [3.63, 3.8) is 0 Å². The monoisotopic (exact) mass is 583 g/mol. The summed E-state index contributed by atoms with van der Waals surface area (Å²) in [5.41, 5.74) is -0.0237. The van der Waals surface area contributed by atoms with Crippen LogP contribution in [0.1, 0.15) is 78.1 Å². The number of benzene rings is 1. The van der Waals surface area contributed by atoms with Crippen molar-refractivity contribution in [1.29, 1.82) is 0 Å². The number of Topliss-reactive ketones (excluding diaryl/α,β-unsaturated/α-hetero) is 4. The second kappa shape index (κ2) is 15.3. The Kier molecular flexibility index (Phi) is 12.8. The van der Waals surface area contributed by atoms with Gasteiger partial charge in [0.05, 0.1) is 12.0 Å². The van der Waals surface area contributed by atoms with Crippen LogP contribution in [-0.4, -0.2) is 84.0 Å². The minimum Gasteiger partial charge on any atom is -0.346 e. The number of likely N-dealkylation sites (N-methyl/N-ethyl adjacent to an activating group) is 1. The fourth-order valence-electron chi connectivity index (χ4n) is 5.15. The van der Waals surface area contributed by atoms with Crippen molar-refractivity contribution in [2.75, 3.05) is 33.2 Å². The van der Waals surface area contributed by atoms with Crippen LogP contribution in [0.5, 0.6) is 0 Å². The smallest absolute Gasteiger partial charge is 0.225 e. The molecule has 1 aliphatic rings. The Morgan fingerprint density at radius 1 is 0.833 bits per heavy atom. The molecule has 1 aromatic carbocycles. The van der Waals surface area contributed by atoms with Crippen molar-refractivity contribution in [3.8, 4) is 0 Å². The first-order chi connectivity index (χ1) is 19.5. The lowest BCUT2D eigenvalue weighted by molar-refractivity contribution is -0.144. The maximum atomic E-state index is 13.3. The highest BCUT2D eigenvalue weighted by Gasteiger charge is 2.37. The van der Waals surface area contributed by atoms with E-state index in [1.165, 1.54) is 0 Å². The number of nitrogens with zero attached hydrogens (tertiary/aromatic N) is 2. The summed E-state index contributed by atoms with van der Waals surface area (Å²) in [6.45, 7) is 15.1. The molecule has 1 saturated heterocycles. The molecule has 1 aromatic rings. The van der Waals surface area contributed by atoms with Crippen molar-refractivity contribution in [2.45, 2.75) is 73.8 Å². The van der Waals surface area contributed by atoms with Crippen LogP contribution in [0.4, 0.5) is 0 Å². The fraction of sp³-hybridized carbons (Fsp3) is 0.636. The molecule has 0 spiro atoms. The number of nitrogens with one attached hydrogen (secondary N) is 1. The van der Waals surface area contributed by atoms with E-state index in [-0.39, 0.29) is 42.7 Å². The number of hydrogen-bond acceptors (Lipinski definition) is 7. The highest BCUT2D eigenvalue weighted by molar-refractivity contribution is 6.38. The molecule has 1 heterocycles. The first kappa shape index (κ1) is 35.0. The maximum absolute atomic E-state index is 13.3. The van der Waals surface area contributed by atoms with Crippen molar-refractivity contribution in [3.05, 3.63) is 35.9 Å². The van der Waals surface area contributed by atoms with E-state index >= 15 is 0 Å². The SMILES string of the molecule is CC(C)[C@H](CC(=O)[C@H](C)NC(=O)[C@@H](CC(=O)c1ccccc1)C(C)(C)C)C(=O)C(=O)C[C@H](C)C(=O)N1CCN(C)CC1. The van der Waals surface area contributed by atoms with Gasteiger partial charge in [-0.25, -0.2) is 0 Å². The van der Waals surface area contributed by atoms with Crippen LogP contribution in [0.3, 0.4) is 0 Å². The summed E-state index contributed by atoms with van der Waals surface area (Å²) in [6, 6.07) is 7.86. The molecule has 2 rings (SSSR count). The molecule has 0 radical (unpaired) electrons. The van der Waals surface area contributed by atoms with Crippen molar-refractivity contribution in [2.24, 2.45) is 29.1 Å². The lowest BCUT2D eigenvalue weighted by atomic mass is 9.76. The number of amides is 2. The molecule has 42 heavy (non-hydrogen) atoms. The highest BCUT2D eigenvalue weighted by Crippen LogP contribution is 2.30. The van der Waals surface area contributed by atoms with Gasteiger partial charge in [0.1, 0.15) is 0 Å². The number of rotatable bonds is 14. The van der Waals surface area contributed by atoms with Crippen LogP contribution >= 0.6 is 0 Å². The minimum absolute atomic E-state index is 0.00705. The van der Waals surface area contributed by atoms with Crippen LogP contribution in [0, 0.1) is 29.1 Å². The molecule has 0 aromatic heterocycles. The molecular formula is C33H49N3O6. The predicted molar refractivity (Wildman–Crippen MR) is 162 cm³/mol. The van der Waals surface area contributed by atoms with Crippen LogP contribution in [0.25, 0.3) is 0 Å². The number of hydrogen-bond donors (Lipinski definition) is 1. The number of ketones is 4. The average Bonchev–Trinajstić information content (AvgIpc) is 2.93. The van der Waals surface area contributed by atoms with Crippen molar-refractivity contribution < 1.29 is 28.8 Å². The molecule has 1 aliphatic heterocycles. The van der Waals surface area contributed by atoms with E-state index in [2.05, 4.69) is 10.2 Å². The summed E-state index contributed by atoms with van der Waals surface area (Å²) in [7, 11) is 1.99. The second-order valence-electron chi connectivity index (χ2n) is 13.2. The van der Waals surface area contributed by atoms with E-state index in [1.807, 2.05) is 33.9 Å². The van der Waals surface area contributed by atoms with Gasteiger partial charge in [-0.05, 0) is 25.3 Å². The predicted octanol–water partition coefficient (Wildman–Crippen LogP) is 3.60. The topological polar surface area (TPSA) is 121 Å². The maximum Gasteiger partial charge on any atom is 0.225 e. The minimum atomic E-state index is -0.906. The lowest BCUT2D eigenvalue weighted by Crippen LogP contribution is -2.49. The van der Waals surface area contributed by atoms with E-state index in [1.54, 1.807) is 56.9 Å². The zero-order chi connectivity index (χ0) is 31.8. The van der Waals surface area contributed by atoms with Crippen LogP contribution in [-0.2, 0) is 24.0 Å². The summed E-state index contributed by atoms with van der Waals surface area (Å²) in [5, 5.41) is 2.75. The summed E-state index contributed by atoms with van der Waals surface area (Å²) >= 11 is 0. The second-order valence-corrected chi connectivity index (χ2v) is 13.2. The molecular weight excluding hydrogens is 534 g/mol. The van der Waals surface area contributed by atoms with Gasteiger partial charge in [0.2, 0.25) is 17.6 Å². The molecule has 9 nitrogen and oxygen atoms in total. The van der Waals surface area contributed by atoms with Gasteiger partial charge >= 0.3 is 0 Å². The lowest BCUT2D eigenvalue weighted by Gasteiger charge is -2.34. The normalized spacial score (nSPS) is 17.2.